The molecule has 0 heterocycles. The second kappa shape index (κ2) is 5.80. The maximum absolute atomic E-state index is 10.6. The van der Waals surface area contributed by atoms with Crippen LogP contribution in [0.25, 0.3) is 0 Å². The standard InChI is InChI=1S/C6H15NO3S2/c1-12(9,10)3-2-11-5-6(8)4-7/h6,8H,2-5,7H2,1H3. The second-order valence-corrected chi connectivity index (χ2v) is 6.00. The van der Waals surface area contributed by atoms with E-state index in [9.17, 15) is 8.42 Å². The number of hydrogen-bond donors (Lipinski definition) is 2. The Balaban J connectivity index is 3.34. The number of thioether (sulfide) groups is 1. The second-order valence-electron chi connectivity index (χ2n) is 2.59. The first-order valence-corrected chi connectivity index (χ1v) is 6.81. The van der Waals surface area contributed by atoms with E-state index in [-0.39, 0.29) is 12.3 Å². The van der Waals surface area contributed by atoms with Gasteiger partial charge in [0.25, 0.3) is 0 Å². The Labute approximate surface area is 77.4 Å². The monoisotopic (exact) mass is 213 g/mol. The Bertz CT molecular complexity index is 203. The zero-order valence-corrected chi connectivity index (χ0v) is 8.70. The van der Waals surface area contributed by atoms with Crippen molar-refractivity contribution in [1.82, 2.24) is 0 Å². The van der Waals surface area contributed by atoms with Gasteiger partial charge in [0.2, 0.25) is 0 Å². The molecule has 4 nitrogen and oxygen atoms in total. The fourth-order valence-electron chi connectivity index (χ4n) is 0.498. The van der Waals surface area contributed by atoms with Gasteiger partial charge in [-0.25, -0.2) is 8.42 Å². The van der Waals surface area contributed by atoms with Crippen molar-refractivity contribution < 1.29 is 13.5 Å². The predicted octanol–water partition coefficient (Wildman–Crippen LogP) is -0.916. The highest BCUT2D eigenvalue weighted by molar-refractivity contribution is 8.00. The van der Waals surface area contributed by atoms with Crippen molar-refractivity contribution in [2.45, 2.75) is 6.10 Å². The molecule has 0 rings (SSSR count). The van der Waals surface area contributed by atoms with Crippen LogP contribution >= 0.6 is 11.8 Å². The average Bonchev–Trinajstić information content (AvgIpc) is 1.96. The molecule has 0 radical (unpaired) electrons. The SMILES string of the molecule is CS(=O)(=O)CCSCC(O)CN. The zero-order valence-electron chi connectivity index (χ0n) is 7.06. The largest absolute Gasteiger partial charge is 0.391 e. The summed E-state index contributed by atoms with van der Waals surface area (Å²) < 4.78 is 21.3. The van der Waals surface area contributed by atoms with Crippen molar-refractivity contribution in [1.29, 1.82) is 0 Å². The molecule has 0 bridgehead atoms. The summed E-state index contributed by atoms with van der Waals surface area (Å²) in [5, 5.41) is 8.99. The number of rotatable bonds is 6. The molecule has 0 aromatic heterocycles. The first kappa shape index (κ1) is 12.2. The van der Waals surface area contributed by atoms with E-state index in [4.69, 9.17) is 10.8 Å². The van der Waals surface area contributed by atoms with Crippen molar-refractivity contribution in [3.63, 3.8) is 0 Å². The molecule has 0 amide bonds. The van der Waals surface area contributed by atoms with Crippen LogP contribution in [0.4, 0.5) is 0 Å². The summed E-state index contributed by atoms with van der Waals surface area (Å²) in [4.78, 5) is 0. The van der Waals surface area contributed by atoms with Crippen LogP contribution in [0.3, 0.4) is 0 Å². The average molecular weight is 213 g/mol. The minimum atomic E-state index is -2.86. The molecule has 0 aliphatic rings. The first-order chi connectivity index (χ1) is 5.45. The van der Waals surface area contributed by atoms with Crippen LogP contribution in [0, 0.1) is 0 Å². The summed E-state index contributed by atoms with van der Waals surface area (Å²) in [5.74, 6) is 1.19. The lowest BCUT2D eigenvalue weighted by atomic mass is 10.4. The van der Waals surface area contributed by atoms with Gasteiger partial charge in [-0.1, -0.05) is 0 Å². The fraction of sp³-hybridized carbons (Fsp3) is 1.00. The summed E-state index contributed by atoms with van der Waals surface area (Å²) in [5.41, 5.74) is 5.16. The van der Waals surface area contributed by atoms with Gasteiger partial charge in [0.1, 0.15) is 9.84 Å². The summed E-state index contributed by atoms with van der Waals surface area (Å²) in [6.45, 7) is 0.228. The van der Waals surface area contributed by atoms with Gasteiger partial charge in [-0.3, -0.25) is 0 Å². The maximum atomic E-state index is 10.6. The third-order valence-electron chi connectivity index (χ3n) is 1.18. The van der Waals surface area contributed by atoms with Gasteiger partial charge in [0.05, 0.1) is 11.9 Å². The summed E-state index contributed by atoms with van der Waals surface area (Å²) >= 11 is 1.40. The molecule has 1 unspecified atom stereocenters. The Kier molecular flexibility index (Phi) is 5.90. The van der Waals surface area contributed by atoms with Gasteiger partial charge in [0.15, 0.2) is 0 Å². The lowest BCUT2D eigenvalue weighted by Gasteiger charge is -2.05. The molecule has 6 heteroatoms. The van der Waals surface area contributed by atoms with Crippen LogP contribution in [0.2, 0.25) is 0 Å². The van der Waals surface area contributed by atoms with E-state index in [1.807, 2.05) is 0 Å². The number of aliphatic hydroxyl groups is 1. The lowest BCUT2D eigenvalue weighted by molar-refractivity contribution is 0.208. The van der Waals surface area contributed by atoms with Crippen molar-refractivity contribution in [3.05, 3.63) is 0 Å². The number of sulfone groups is 1. The van der Waals surface area contributed by atoms with Crippen molar-refractivity contribution in [2.24, 2.45) is 5.73 Å². The molecule has 12 heavy (non-hydrogen) atoms. The third kappa shape index (κ3) is 8.32. The highest BCUT2D eigenvalue weighted by atomic mass is 32.2. The molecule has 0 saturated carbocycles. The smallest absolute Gasteiger partial charge is 0.148 e. The van der Waals surface area contributed by atoms with E-state index in [2.05, 4.69) is 0 Å². The van der Waals surface area contributed by atoms with Crippen LogP contribution in [-0.2, 0) is 9.84 Å². The van der Waals surface area contributed by atoms with Gasteiger partial charge in [-0.2, -0.15) is 11.8 Å². The van der Waals surface area contributed by atoms with E-state index >= 15 is 0 Å². The minimum absolute atomic E-state index is 0.162. The Hall–Kier alpha value is 0.220. The molecule has 0 aromatic carbocycles. The quantitative estimate of drug-likeness (QED) is 0.558. The Morgan fingerprint density at radius 1 is 1.58 bits per heavy atom. The van der Waals surface area contributed by atoms with Crippen LogP contribution in [0.1, 0.15) is 0 Å². The third-order valence-corrected chi connectivity index (χ3v) is 3.50. The first-order valence-electron chi connectivity index (χ1n) is 3.59. The van der Waals surface area contributed by atoms with Gasteiger partial charge >= 0.3 is 0 Å². The van der Waals surface area contributed by atoms with Gasteiger partial charge in [-0.05, 0) is 0 Å². The Morgan fingerprint density at radius 3 is 2.58 bits per heavy atom. The summed E-state index contributed by atoms with van der Waals surface area (Å²) in [6, 6.07) is 0. The van der Waals surface area contributed by atoms with Crippen LogP contribution in [-0.4, -0.2) is 49.7 Å². The molecular weight excluding hydrogens is 198 g/mol. The maximum Gasteiger partial charge on any atom is 0.148 e. The number of nitrogens with two attached hydrogens (primary N) is 1. The lowest BCUT2D eigenvalue weighted by Crippen LogP contribution is -2.22. The molecular formula is C6H15NO3S2. The van der Waals surface area contributed by atoms with E-state index in [0.29, 0.717) is 11.5 Å². The van der Waals surface area contributed by atoms with Crippen molar-refractivity contribution >= 4 is 21.6 Å². The van der Waals surface area contributed by atoms with E-state index in [1.54, 1.807) is 0 Å². The predicted molar refractivity (Wildman–Crippen MR) is 52.1 cm³/mol. The molecule has 3 N–H and O–H groups in total. The van der Waals surface area contributed by atoms with E-state index in [0.717, 1.165) is 0 Å². The van der Waals surface area contributed by atoms with E-state index in [1.165, 1.54) is 18.0 Å². The number of aliphatic hydroxyl groups excluding tert-OH is 1. The van der Waals surface area contributed by atoms with Gasteiger partial charge in [-0.15, -0.1) is 0 Å². The number of hydrogen-bond acceptors (Lipinski definition) is 5. The minimum Gasteiger partial charge on any atom is -0.391 e. The van der Waals surface area contributed by atoms with Gasteiger partial charge < -0.3 is 10.8 Å². The molecule has 0 aliphatic carbocycles. The van der Waals surface area contributed by atoms with Crippen LogP contribution in [0.5, 0.6) is 0 Å². The highest BCUT2D eigenvalue weighted by Gasteiger charge is 2.04. The normalized spacial score (nSPS) is 14.6. The Morgan fingerprint density at radius 2 is 2.17 bits per heavy atom. The molecule has 0 spiro atoms. The van der Waals surface area contributed by atoms with Crippen LogP contribution in [0.15, 0.2) is 0 Å². The molecule has 1 atom stereocenters. The molecule has 0 aliphatic heterocycles. The van der Waals surface area contributed by atoms with Gasteiger partial charge in [0, 0.05) is 24.3 Å². The molecule has 0 saturated heterocycles. The van der Waals surface area contributed by atoms with Crippen LogP contribution < -0.4 is 5.73 Å². The summed E-state index contributed by atoms with van der Waals surface area (Å²) in [7, 11) is -2.86. The topological polar surface area (TPSA) is 80.4 Å². The molecule has 74 valence electrons. The van der Waals surface area contributed by atoms with E-state index < -0.39 is 15.9 Å². The fourth-order valence-corrected chi connectivity index (χ4v) is 2.75. The summed E-state index contributed by atoms with van der Waals surface area (Å²) in [6.07, 6.45) is 0.682. The zero-order chi connectivity index (χ0) is 9.61. The van der Waals surface area contributed by atoms with Crippen molar-refractivity contribution in [3.8, 4) is 0 Å². The highest BCUT2D eigenvalue weighted by Crippen LogP contribution is 2.03. The molecule has 0 fully saturated rings. The van der Waals surface area contributed by atoms with Crippen molar-refractivity contribution in [2.75, 3.05) is 30.1 Å². The molecule has 0 aromatic rings.